The summed E-state index contributed by atoms with van der Waals surface area (Å²) < 4.78 is 0. The molecule has 0 N–H and O–H groups in total. The van der Waals surface area contributed by atoms with Crippen molar-refractivity contribution in [3.63, 3.8) is 0 Å². The van der Waals surface area contributed by atoms with Gasteiger partial charge in [-0.1, -0.05) is 212 Å². The van der Waals surface area contributed by atoms with Crippen molar-refractivity contribution in [2.24, 2.45) is 0 Å². The van der Waals surface area contributed by atoms with Crippen molar-refractivity contribution < 1.29 is 0 Å². The van der Waals surface area contributed by atoms with Gasteiger partial charge in [0.15, 0.2) is 0 Å². The number of nitrogens with zero attached hydrogens (tertiary/aromatic N) is 4. The van der Waals surface area contributed by atoms with E-state index in [1.54, 1.807) is 0 Å². The van der Waals surface area contributed by atoms with Gasteiger partial charge in [-0.3, -0.25) is 19.6 Å². The maximum absolute atomic E-state index is 2.66. The summed E-state index contributed by atoms with van der Waals surface area (Å²) in [5.74, 6) is 0. The Morgan fingerprint density at radius 1 is 0.315 bits per heavy atom. The normalized spacial score (nSPS) is 15.5. The highest BCUT2D eigenvalue weighted by Crippen LogP contribution is 2.15. The Morgan fingerprint density at radius 2 is 0.574 bits per heavy atom. The van der Waals surface area contributed by atoms with Crippen LogP contribution in [0.3, 0.4) is 0 Å². The van der Waals surface area contributed by atoms with Crippen molar-refractivity contribution >= 4 is 0 Å². The number of unbranched alkanes of at least 4 members (excludes halogenated alkanes) is 11. The van der Waals surface area contributed by atoms with Gasteiger partial charge in [0.1, 0.15) is 0 Å². The highest BCUT2D eigenvalue weighted by atomic mass is 15.3. The summed E-state index contributed by atoms with van der Waals surface area (Å²) in [5, 5.41) is 0. The fraction of sp³-hybridized carbons (Fsp3) is 0.520. The second kappa shape index (κ2) is 28.2. The molecule has 1 aliphatic heterocycles. The van der Waals surface area contributed by atoms with Crippen LogP contribution >= 0.6 is 0 Å². The van der Waals surface area contributed by atoms with Crippen molar-refractivity contribution in [3.05, 3.63) is 144 Å². The van der Waals surface area contributed by atoms with Gasteiger partial charge < -0.3 is 0 Å². The SMILES string of the molecule is CCCCCCCCCCCCCC.c1ccc(CN2CCCN(Cc3ccccc3)CCN(Cc3ccccc3)CN(Cc3ccccc3)CC2)cc1. The van der Waals surface area contributed by atoms with E-state index < -0.39 is 0 Å². The maximum Gasteiger partial charge on any atom is 0.0513 e. The first-order chi connectivity index (χ1) is 26.7. The minimum atomic E-state index is 0.960. The zero-order valence-corrected chi connectivity index (χ0v) is 34.3. The fourth-order valence-corrected chi connectivity index (χ4v) is 7.59. The molecule has 5 rings (SSSR count). The van der Waals surface area contributed by atoms with Crippen LogP contribution in [0, 0.1) is 0 Å². The second-order valence-electron chi connectivity index (χ2n) is 15.6. The van der Waals surface area contributed by atoms with Crippen LogP contribution in [-0.4, -0.2) is 65.5 Å². The number of hydrogen-bond donors (Lipinski definition) is 0. The van der Waals surface area contributed by atoms with Crippen molar-refractivity contribution in [2.75, 3.05) is 45.9 Å². The van der Waals surface area contributed by atoms with E-state index in [0.29, 0.717) is 0 Å². The van der Waals surface area contributed by atoms with E-state index in [-0.39, 0.29) is 0 Å². The smallest absolute Gasteiger partial charge is 0.0513 e. The average Bonchev–Trinajstić information content (AvgIpc) is 3.21. The Hall–Kier alpha value is -3.28. The third-order valence-corrected chi connectivity index (χ3v) is 10.8. The molecule has 1 saturated heterocycles. The third-order valence-electron chi connectivity index (χ3n) is 10.8. The molecule has 54 heavy (non-hydrogen) atoms. The van der Waals surface area contributed by atoms with Crippen LogP contribution in [0.15, 0.2) is 121 Å². The van der Waals surface area contributed by atoms with Gasteiger partial charge in [-0.05, 0) is 41.8 Å². The first-order valence-electron chi connectivity index (χ1n) is 21.8. The molecule has 0 radical (unpaired) electrons. The molecule has 0 atom stereocenters. The Morgan fingerprint density at radius 3 is 0.870 bits per heavy atom. The van der Waals surface area contributed by atoms with Gasteiger partial charge >= 0.3 is 0 Å². The molecule has 4 nitrogen and oxygen atoms in total. The molecule has 1 aliphatic rings. The van der Waals surface area contributed by atoms with Gasteiger partial charge in [0.2, 0.25) is 0 Å². The molecule has 0 bridgehead atoms. The van der Waals surface area contributed by atoms with E-state index in [1.807, 2.05) is 0 Å². The minimum Gasteiger partial charge on any atom is -0.298 e. The molecule has 0 spiro atoms. The lowest BCUT2D eigenvalue weighted by atomic mass is 10.1. The summed E-state index contributed by atoms with van der Waals surface area (Å²) in [6.07, 6.45) is 18.6. The molecular formula is C50H74N4. The summed E-state index contributed by atoms with van der Waals surface area (Å²) in [5.41, 5.74) is 5.57. The predicted octanol–water partition coefficient (Wildman–Crippen LogP) is 12.1. The monoisotopic (exact) mass is 731 g/mol. The summed E-state index contributed by atoms with van der Waals surface area (Å²) in [4.78, 5) is 10.6. The molecule has 1 heterocycles. The van der Waals surface area contributed by atoms with Crippen LogP contribution < -0.4 is 0 Å². The quantitative estimate of drug-likeness (QED) is 0.0891. The summed E-state index contributed by atoms with van der Waals surface area (Å²) in [6.45, 7) is 16.0. The zero-order chi connectivity index (χ0) is 37.7. The lowest BCUT2D eigenvalue weighted by molar-refractivity contribution is 0.0834. The molecule has 0 amide bonds. The van der Waals surface area contributed by atoms with E-state index in [0.717, 1.165) is 72.1 Å². The highest BCUT2D eigenvalue weighted by Gasteiger charge is 2.18. The van der Waals surface area contributed by atoms with E-state index in [9.17, 15) is 0 Å². The highest BCUT2D eigenvalue weighted by molar-refractivity contribution is 5.17. The van der Waals surface area contributed by atoms with E-state index in [2.05, 4.69) is 155 Å². The van der Waals surface area contributed by atoms with Crippen molar-refractivity contribution in [2.45, 2.75) is 123 Å². The molecule has 4 aromatic rings. The first-order valence-corrected chi connectivity index (χ1v) is 21.8. The topological polar surface area (TPSA) is 13.0 Å². The van der Waals surface area contributed by atoms with E-state index in [1.165, 1.54) is 106 Å². The largest absolute Gasteiger partial charge is 0.298 e. The van der Waals surface area contributed by atoms with Crippen LogP contribution in [-0.2, 0) is 26.2 Å². The zero-order valence-electron chi connectivity index (χ0n) is 34.3. The van der Waals surface area contributed by atoms with Crippen molar-refractivity contribution in [1.82, 2.24) is 19.6 Å². The van der Waals surface area contributed by atoms with Gasteiger partial charge in [0.05, 0.1) is 6.67 Å². The van der Waals surface area contributed by atoms with E-state index in [4.69, 9.17) is 0 Å². The van der Waals surface area contributed by atoms with Gasteiger partial charge in [0, 0.05) is 52.4 Å². The summed E-state index contributed by atoms with van der Waals surface area (Å²) in [6, 6.07) is 43.9. The molecule has 4 aromatic carbocycles. The van der Waals surface area contributed by atoms with Gasteiger partial charge in [-0.25, -0.2) is 0 Å². The lowest BCUT2D eigenvalue weighted by Gasteiger charge is -2.35. The lowest BCUT2D eigenvalue weighted by Crippen LogP contribution is -2.45. The first kappa shape index (κ1) is 43.4. The summed E-state index contributed by atoms with van der Waals surface area (Å²) >= 11 is 0. The fourth-order valence-electron chi connectivity index (χ4n) is 7.59. The average molecular weight is 731 g/mol. The maximum atomic E-state index is 2.66. The molecular weight excluding hydrogens is 657 g/mol. The van der Waals surface area contributed by atoms with Gasteiger partial charge in [-0.15, -0.1) is 0 Å². The molecule has 294 valence electrons. The Kier molecular flexibility index (Phi) is 22.7. The summed E-state index contributed by atoms with van der Waals surface area (Å²) in [7, 11) is 0. The van der Waals surface area contributed by atoms with E-state index >= 15 is 0 Å². The van der Waals surface area contributed by atoms with Crippen LogP contribution in [0.1, 0.15) is 120 Å². The Bertz CT molecular complexity index is 1310. The third kappa shape index (κ3) is 19.4. The van der Waals surface area contributed by atoms with Crippen molar-refractivity contribution in [3.8, 4) is 0 Å². The van der Waals surface area contributed by atoms with Crippen LogP contribution in [0.25, 0.3) is 0 Å². The Labute approximate surface area is 331 Å². The predicted molar refractivity (Wildman–Crippen MR) is 233 cm³/mol. The van der Waals surface area contributed by atoms with Crippen molar-refractivity contribution in [1.29, 1.82) is 0 Å². The van der Waals surface area contributed by atoms with Gasteiger partial charge in [-0.2, -0.15) is 0 Å². The number of benzene rings is 4. The number of rotatable bonds is 19. The second-order valence-corrected chi connectivity index (χ2v) is 15.6. The number of hydrogen-bond acceptors (Lipinski definition) is 4. The molecule has 0 aliphatic carbocycles. The molecule has 4 heteroatoms. The van der Waals surface area contributed by atoms with Crippen LogP contribution in [0.2, 0.25) is 0 Å². The Balaban J connectivity index is 0.000000395. The standard InChI is InChI=1S/C36H44N4.C14H30/c1-5-14-33(15-6-1)28-37-22-13-23-38(29-34-16-7-2-8-17-34)25-27-40(31-36-20-11-4-12-21-36)32-39(26-24-37)30-35-18-9-3-10-19-35;1-3-5-7-9-11-13-14-12-10-8-6-4-2/h1-12,14-21H,13,22-32H2;3-14H2,1-2H3. The molecule has 0 aromatic heterocycles. The molecule has 0 saturated carbocycles. The van der Waals surface area contributed by atoms with Crippen LogP contribution in [0.5, 0.6) is 0 Å². The minimum absolute atomic E-state index is 0.960. The molecule has 0 unspecified atom stereocenters. The molecule has 1 fully saturated rings. The van der Waals surface area contributed by atoms with Gasteiger partial charge in [0.25, 0.3) is 0 Å². The van der Waals surface area contributed by atoms with Crippen LogP contribution in [0.4, 0.5) is 0 Å².